The molecule has 2 heterocycles. The summed E-state index contributed by atoms with van der Waals surface area (Å²) in [5.74, 6) is -0.113. The lowest BCUT2D eigenvalue weighted by atomic mass is 10.3. The lowest BCUT2D eigenvalue weighted by Crippen LogP contribution is -2.38. The molecule has 6 nitrogen and oxygen atoms in total. The summed E-state index contributed by atoms with van der Waals surface area (Å²) in [6.45, 7) is 5.65. The second kappa shape index (κ2) is 11.2. The van der Waals surface area contributed by atoms with E-state index in [2.05, 4.69) is 15.2 Å². The van der Waals surface area contributed by atoms with Gasteiger partial charge in [-0.15, -0.1) is 36.2 Å². The number of carbonyl (C=O) groups excluding carboxylic acids is 1. The van der Waals surface area contributed by atoms with Crippen molar-refractivity contribution in [1.29, 1.82) is 0 Å². The van der Waals surface area contributed by atoms with Crippen molar-refractivity contribution in [2.45, 2.75) is 13.0 Å². The predicted octanol–water partition coefficient (Wildman–Crippen LogP) is 0.897. The average molecular weight is 357 g/mol. The first-order chi connectivity index (χ1) is 9.29. The van der Waals surface area contributed by atoms with E-state index in [0.717, 1.165) is 44.3 Å². The zero-order valence-electron chi connectivity index (χ0n) is 11.7. The Morgan fingerprint density at radius 1 is 1.43 bits per heavy atom. The van der Waals surface area contributed by atoms with E-state index in [1.807, 2.05) is 0 Å². The highest BCUT2D eigenvalue weighted by molar-refractivity contribution is 7.09. The van der Waals surface area contributed by atoms with E-state index in [4.69, 9.17) is 10.5 Å². The number of carbonyl (C=O) groups is 1. The number of amides is 1. The first-order valence-electron chi connectivity index (χ1n) is 6.52. The maximum absolute atomic E-state index is 11.8. The molecular weight excluding hydrogens is 335 g/mol. The van der Waals surface area contributed by atoms with Crippen molar-refractivity contribution in [1.82, 2.24) is 15.2 Å². The lowest BCUT2D eigenvalue weighted by molar-refractivity contribution is 0.0374. The van der Waals surface area contributed by atoms with Crippen molar-refractivity contribution in [3.63, 3.8) is 0 Å². The molecule has 1 saturated heterocycles. The molecule has 0 aliphatic carbocycles. The number of hydrogen-bond donors (Lipinski definition) is 2. The highest BCUT2D eigenvalue weighted by Crippen LogP contribution is 2.08. The molecule has 0 unspecified atom stereocenters. The normalized spacial score (nSPS) is 14.9. The Kier molecular flexibility index (Phi) is 10.9. The van der Waals surface area contributed by atoms with Gasteiger partial charge in [-0.3, -0.25) is 9.69 Å². The molecule has 0 aromatic carbocycles. The van der Waals surface area contributed by atoms with Gasteiger partial charge in [0.1, 0.15) is 10.7 Å². The van der Waals surface area contributed by atoms with Gasteiger partial charge < -0.3 is 15.8 Å². The van der Waals surface area contributed by atoms with Gasteiger partial charge in [-0.05, 0) is 13.0 Å². The fourth-order valence-corrected chi connectivity index (χ4v) is 2.58. The van der Waals surface area contributed by atoms with Crippen molar-refractivity contribution < 1.29 is 9.53 Å². The van der Waals surface area contributed by atoms with Crippen molar-refractivity contribution >= 4 is 42.1 Å². The Bertz CT molecular complexity index is 414. The number of morpholine rings is 1. The summed E-state index contributed by atoms with van der Waals surface area (Å²) >= 11 is 1.42. The first-order valence-corrected chi connectivity index (χ1v) is 7.40. The summed E-state index contributed by atoms with van der Waals surface area (Å²) in [7, 11) is 0. The maximum Gasteiger partial charge on any atom is 0.270 e. The Hall–Kier alpha value is -0.440. The smallest absolute Gasteiger partial charge is 0.270 e. The van der Waals surface area contributed by atoms with Gasteiger partial charge in [0.25, 0.3) is 5.91 Å². The highest BCUT2D eigenvalue weighted by atomic mass is 35.5. The van der Waals surface area contributed by atoms with E-state index in [1.165, 1.54) is 11.3 Å². The van der Waals surface area contributed by atoms with Gasteiger partial charge in [-0.2, -0.15) is 0 Å². The SMILES string of the molecule is Cl.Cl.NCc1nc(C(=O)NCCCN2CCOCC2)cs1. The molecule has 2 rings (SSSR count). The molecule has 1 aromatic rings. The zero-order valence-corrected chi connectivity index (χ0v) is 14.2. The van der Waals surface area contributed by atoms with Gasteiger partial charge in [-0.25, -0.2) is 4.98 Å². The van der Waals surface area contributed by atoms with Crippen molar-refractivity contribution in [2.24, 2.45) is 5.73 Å². The summed E-state index contributed by atoms with van der Waals surface area (Å²) in [4.78, 5) is 18.3. The summed E-state index contributed by atoms with van der Waals surface area (Å²) < 4.78 is 5.29. The van der Waals surface area contributed by atoms with Crippen LogP contribution in [0.1, 0.15) is 21.9 Å². The molecule has 0 saturated carbocycles. The summed E-state index contributed by atoms with van der Waals surface area (Å²) in [5, 5.41) is 5.42. The number of rotatable bonds is 6. The molecule has 0 bridgehead atoms. The van der Waals surface area contributed by atoms with Crippen LogP contribution in [0.5, 0.6) is 0 Å². The quantitative estimate of drug-likeness (QED) is 0.740. The average Bonchev–Trinajstić information content (AvgIpc) is 2.93. The fraction of sp³-hybridized carbons (Fsp3) is 0.667. The number of thiazole rings is 1. The van der Waals surface area contributed by atoms with Crippen molar-refractivity contribution in [3.05, 3.63) is 16.1 Å². The Labute approximate surface area is 141 Å². The minimum atomic E-state index is -0.113. The van der Waals surface area contributed by atoms with E-state index in [1.54, 1.807) is 5.38 Å². The van der Waals surface area contributed by atoms with E-state index in [0.29, 0.717) is 18.8 Å². The molecule has 0 radical (unpaired) electrons. The molecule has 21 heavy (non-hydrogen) atoms. The van der Waals surface area contributed by atoms with E-state index >= 15 is 0 Å². The van der Waals surface area contributed by atoms with Gasteiger partial charge in [0.2, 0.25) is 0 Å². The van der Waals surface area contributed by atoms with Crippen LogP contribution in [0.4, 0.5) is 0 Å². The number of nitrogens with zero attached hydrogens (tertiary/aromatic N) is 2. The lowest BCUT2D eigenvalue weighted by Gasteiger charge is -2.26. The Balaban J connectivity index is 0.00000200. The molecule has 1 amide bonds. The number of aromatic nitrogens is 1. The van der Waals surface area contributed by atoms with Gasteiger partial charge >= 0.3 is 0 Å². The van der Waals surface area contributed by atoms with Crippen LogP contribution in [0.3, 0.4) is 0 Å². The molecule has 1 aliphatic rings. The van der Waals surface area contributed by atoms with Gasteiger partial charge in [-0.1, -0.05) is 0 Å². The minimum Gasteiger partial charge on any atom is -0.379 e. The molecule has 1 aliphatic heterocycles. The van der Waals surface area contributed by atoms with Crippen LogP contribution in [-0.2, 0) is 11.3 Å². The molecule has 0 atom stereocenters. The molecule has 1 fully saturated rings. The molecule has 3 N–H and O–H groups in total. The summed E-state index contributed by atoms with van der Waals surface area (Å²) in [6, 6.07) is 0. The third-order valence-electron chi connectivity index (χ3n) is 3.00. The summed E-state index contributed by atoms with van der Waals surface area (Å²) in [6.07, 6.45) is 0.944. The first kappa shape index (κ1) is 20.6. The second-order valence-corrected chi connectivity index (χ2v) is 5.34. The van der Waals surface area contributed by atoms with E-state index in [-0.39, 0.29) is 30.7 Å². The van der Waals surface area contributed by atoms with Crippen LogP contribution < -0.4 is 11.1 Å². The zero-order chi connectivity index (χ0) is 13.5. The summed E-state index contributed by atoms with van der Waals surface area (Å²) in [5.41, 5.74) is 5.94. The highest BCUT2D eigenvalue weighted by Gasteiger charge is 2.11. The van der Waals surface area contributed by atoms with Crippen molar-refractivity contribution in [3.8, 4) is 0 Å². The van der Waals surface area contributed by atoms with Crippen LogP contribution in [-0.4, -0.2) is 55.2 Å². The molecule has 1 aromatic heterocycles. The third kappa shape index (κ3) is 6.90. The molecular formula is C12H22Cl2N4O2S. The van der Waals surface area contributed by atoms with Crippen LogP contribution >= 0.6 is 36.2 Å². The predicted molar refractivity (Wildman–Crippen MR) is 88.7 cm³/mol. The van der Waals surface area contributed by atoms with Crippen LogP contribution in [0.25, 0.3) is 0 Å². The monoisotopic (exact) mass is 356 g/mol. The van der Waals surface area contributed by atoms with Crippen molar-refractivity contribution in [2.75, 3.05) is 39.4 Å². The molecule has 122 valence electrons. The second-order valence-electron chi connectivity index (χ2n) is 4.39. The number of hydrogen-bond acceptors (Lipinski definition) is 6. The maximum atomic E-state index is 11.8. The fourth-order valence-electron chi connectivity index (χ4n) is 1.93. The Morgan fingerprint density at radius 2 is 2.14 bits per heavy atom. The van der Waals surface area contributed by atoms with Crippen LogP contribution in [0.15, 0.2) is 5.38 Å². The van der Waals surface area contributed by atoms with Gasteiger partial charge in [0, 0.05) is 31.6 Å². The largest absolute Gasteiger partial charge is 0.379 e. The number of nitrogens with one attached hydrogen (secondary N) is 1. The number of ether oxygens (including phenoxy) is 1. The molecule has 9 heteroatoms. The van der Waals surface area contributed by atoms with E-state index in [9.17, 15) is 4.79 Å². The molecule has 0 spiro atoms. The minimum absolute atomic E-state index is 0. The van der Waals surface area contributed by atoms with Crippen LogP contribution in [0.2, 0.25) is 0 Å². The van der Waals surface area contributed by atoms with Gasteiger partial charge in [0.05, 0.1) is 13.2 Å². The van der Waals surface area contributed by atoms with E-state index < -0.39 is 0 Å². The van der Waals surface area contributed by atoms with Gasteiger partial charge in [0.15, 0.2) is 0 Å². The topological polar surface area (TPSA) is 80.5 Å². The Morgan fingerprint density at radius 3 is 2.76 bits per heavy atom. The van der Waals surface area contributed by atoms with Crippen LogP contribution in [0, 0.1) is 0 Å². The number of nitrogens with two attached hydrogens (primary N) is 1. The number of halogens is 2. The standard InChI is InChI=1S/C12H20N4O2S.2ClH/c13-8-11-15-10(9-19-11)12(17)14-2-1-3-16-4-6-18-7-5-16;;/h9H,1-8,13H2,(H,14,17);2*1H. The third-order valence-corrected chi connectivity index (χ3v) is 3.87.